The molecular weight excluding hydrogens is 294 g/mol. The van der Waals surface area contributed by atoms with Crippen LogP contribution in [-0.4, -0.2) is 48.3 Å². The molecule has 2 aliphatic rings. The third kappa shape index (κ3) is 3.33. The molecule has 1 saturated heterocycles. The van der Waals surface area contributed by atoms with Gasteiger partial charge >= 0.3 is 0 Å². The highest BCUT2D eigenvalue weighted by atomic mass is 32.2. The molecule has 1 saturated carbocycles. The van der Waals surface area contributed by atoms with Gasteiger partial charge in [-0.2, -0.15) is 16.1 Å². The molecular formula is C13H19N3O2S2. The molecule has 110 valence electrons. The van der Waals surface area contributed by atoms with E-state index in [4.69, 9.17) is 0 Å². The fourth-order valence-corrected chi connectivity index (χ4v) is 4.62. The summed E-state index contributed by atoms with van der Waals surface area (Å²) in [6, 6.07) is 4.12. The van der Waals surface area contributed by atoms with E-state index in [0.29, 0.717) is 19.1 Å². The van der Waals surface area contributed by atoms with Crippen molar-refractivity contribution in [3.63, 3.8) is 0 Å². The van der Waals surface area contributed by atoms with Gasteiger partial charge in [-0.3, -0.25) is 0 Å². The summed E-state index contributed by atoms with van der Waals surface area (Å²) in [5, 5.41) is 3.56. The predicted molar refractivity (Wildman–Crippen MR) is 80.2 cm³/mol. The van der Waals surface area contributed by atoms with E-state index in [9.17, 15) is 8.42 Å². The van der Waals surface area contributed by atoms with Crippen molar-refractivity contribution in [3.05, 3.63) is 23.9 Å². The van der Waals surface area contributed by atoms with Crippen LogP contribution >= 0.6 is 11.8 Å². The van der Waals surface area contributed by atoms with Crippen LogP contribution in [0.15, 0.2) is 23.4 Å². The summed E-state index contributed by atoms with van der Waals surface area (Å²) in [7, 11) is -3.41. The van der Waals surface area contributed by atoms with Crippen molar-refractivity contribution in [1.29, 1.82) is 0 Å². The molecule has 0 unspecified atom stereocenters. The fraction of sp³-hybridized carbons (Fsp3) is 0.615. The zero-order chi connectivity index (χ0) is 14.0. The quantitative estimate of drug-likeness (QED) is 0.881. The van der Waals surface area contributed by atoms with Crippen LogP contribution in [0.1, 0.15) is 18.4 Å². The van der Waals surface area contributed by atoms with E-state index in [0.717, 1.165) is 23.6 Å². The van der Waals surface area contributed by atoms with Gasteiger partial charge in [-0.25, -0.2) is 13.4 Å². The van der Waals surface area contributed by atoms with Crippen molar-refractivity contribution in [1.82, 2.24) is 14.6 Å². The summed E-state index contributed by atoms with van der Waals surface area (Å²) in [6.45, 7) is 1.93. The summed E-state index contributed by atoms with van der Waals surface area (Å²) in [5.74, 6) is 1.73. The lowest BCUT2D eigenvalue weighted by atomic mass is 10.3. The number of nitrogens with one attached hydrogen (secondary N) is 1. The van der Waals surface area contributed by atoms with Gasteiger partial charge in [0.2, 0.25) is 0 Å². The van der Waals surface area contributed by atoms with Gasteiger partial charge in [0, 0.05) is 43.4 Å². The van der Waals surface area contributed by atoms with Crippen LogP contribution in [0.5, 0.6) is 0 Å². The number of aromatic nitrogens is 1. The Morgan fingerprint density at radius 2 is 2.05 bits per heavy atom. The first-order chi connectivity index (χ1) is 9.66. The highest BCUT2D eigenvalue weighted by Crippen LogP contribution is 2.20. The molecule has 1 aromatic heterocycles. The van der Waals surface area contributed by atoms with E-state index in [2.05, 4.69) is 10.3 Å². The van der Waals surface area contributed by atoms with E-state index in [1.807, 2.05) is 6.07 Å². The number of nitrogens with zero attached hydrogens (tertiary/aromatic N) is 2. The van der Waals surface area contributed by atoms with Crippen molar-refractivity contribution in [2.24, 2.45) is 0 Å². The molecule has 5 nitrogen and oxygen atoms in total. The van der Waals surface area contributed by atoms with Gasteiger partial charge in [0.05, 0.1) is 0 Å². The molecule has 0 aromatic carbocycles. The van der Waals surface area contributed by atoms with Crippen molar-refractivity contribution in [3.8, 4) is 0 Å². The van der Waals surface area contributed by atoms with Crippen molar-refractivity contribution in [2.75, 3.05) is 24.6 Å². The number of pyridine rings is 1. The Morgan fingerprint density at radius 1 is 1.30 bits per heavy atom. The molecule has 1 aliphatic carbocycles. The minimum atomic E-state index is -3.41. The second kappa shape index (κ2) is 6.01. The highest BCUT2D eigenvalue weighted by Gasteiger charge is 2.27. The number of sulfonamides is 1. The van der Waals surface area contributed by atoms with Crippen LogP contribution in [0.25, 0.3) is 0 Å². The molecule has 1 N–H and O–H groups in total. The first-order valence-electron chi connectivity index (χ1n) is 6.92. The third-order valence-corrected chi connectivity index (χ3v) is 6.30. The zero-order valence-electron chi connectivity index (χ0n) is 11.3. The molecule has 7 heteroatoms. The van der Waals surface area contributed by atoms with Crippen LogP contribution in [0, 0.1) is 0 Å². The maximum Gasteiger partial charge on any atom is 0.260 e. The van der Waals surface area contributed by atoms with Crippen LogP contribution in [0.4, 0.5) is 0 Å². The van der Waals surface area contributed by atoms with Gasteiger partial charge in [-0.15, -0.1) is 0 Å². The summed E-state index contributed by atoms with van der Waals surface area (Å²) in [4.78, 5) is 4.15. The summed E-state index contributed by atoms with van der Waals surface area (Å²) in [6.07, 6.45) is 4.15. The molecule has 20 heavy (non-hydrogen) atoms. The molecule has 0 spiro atoms. The van der Waals surface area contributed by atoms with Crippen molar-refractivity contribution < 1.29 is 8.42 Å². The molecule has 0 amide bonds. The van der Waals surface area contributed by atoms with Gasteiger partial charge in [0.25, 0.3) is 10.0 Å². The largest absolute Gasteiger partial charge is 0.310 e. The minimum absolute atomic E-state index is 0.166. The lowest BCUT2D eigenvalue weighted by Gasteiger charge is -2.25. The van der Waals surface area contributed by atoms with Gasteiger partial charge in [-0.05, 0) is 24.5 Å². The smallest absolute Gasteiger partial charge is 0.260 e. The molecule has 1 aromatic rings. The van der Waals surface area contributed by atoms with Gasteiger partial charge in [-0.1, -0.05) is 6.07 Å². The van der Waals surface area contributed by atoms with Crippen molar-refractivity contribution in [2.45, 2.75) is 30.5 Å². The molecule has 1 aliphatic heterocycles. The van der Waals surface area contributed by atoms with Crippen LogP contribution in [0.2, 0.25) is 0 Å². The van der Waals surface area contributed by atoms with Gasteiger partial charge in [0.15, 0.2) is 5.03 Å². The predicted octanol–water partition coefficient (Wildman–Crippen LogP) is 1.07. The Labute approximate surface area is 124 Å². The zero-order valence-corrected chi connectivity index (χ0v) is 12.9. The fourth-order valence-electron chi connectivity index (χ4n) is 2.14. The number of hydrogen-bond donors (Lipinski definition) is 1. The second-order valence-electron chi connectivity index (χ2n) is 5.18. The molecule has 0 atom stereocenters. The normalized spacial score (nSPS) is 21.0. The van der Waals surface area contributed by atoms with Crippen LogP contribution in [0.3, 0.4) is 0 Å². The Morgan fingerprint density at radius 3 is 2.65 bits per heavy atom. The topological polar surface area (TPSA) is 62.3 Å². The maximum atomic E-state index is 12.4. The second-order valence-corrected chi connectivity index (χ2v) is 8.29. The molecule has 0 radical (unpaired) electrons. The lowest BCUT2D eigenvalue weighted by Crippen LogP contribution is -2.38. The van der Waals surface area contributed by atoms with Gasteiger partial charge < -0.3 is 5.32 Å². The van der Waals surface area contributed by atoms with E-state index in [1.54, 1.807) is 24.0 Å². The molecule has 2 heterocycles. The Balaban J connectivity index is 1.68. The Bertz CT molecular complexity index is 549. The Hall–Kier alpha value is -0.630. The molecule has 0 bridgehead atoms. The Kier molecular flexibility index (Phi) is 4.30. The first-order valence-corrected chi connectivity index (χ1v) is 9.52. The lowest BCUT2D eigenvalue weighted by molar-refractivity contribution is 0.441. The highest BCUT2D eigenvalue weighted by molar-refractivity contribution is 7.99. The van der Waals surface area contributed by atoms with Crippen LogP contribution in [-0.2, 0) is 16.6 Å². The minimum Gasteiger partial charge on any atom is -0.310 e. The number of rotatable bonds is 5. The monoisotopic (exact) mass is 313 g/mol. The van der Waals surface area contributed by atoms with Crippen LogP contribution < -0.4 is 5.32 Å². The van der Waals surface area contributed by atoms with Gasteiger partial charge in [0.1, 0.15) is 0 Å². The van der Waals surface area contributed by atoms with E-state index in [-0.39, 0.29) is 5.03 Å². The standard InChI is InChI=1S/C13H19N3O2S2/c17-20(18,16-5-7-19-8-6-16)13-4-1-11(10-15-13)9-14-12-2-3-12/h1,4,10,12,14H,2-3,5-9H2. The number of thioether (sulfide) groups is 1. The van der Waals surface area contributed by atoms with E-state index >= 15 is 0 Å². The third-order valence-electron chi connectivity index (χ3n) is 3.54. The molecule has 3 rings (SSSR count). The maximum absolute atomic E-state index is 12.4. The average molecular weight is 313 g/mol. The van der Waals surface area contributed by atoms with E-state index < -0.39 is 10.0 Å². The SMILES string of the molecule is O=S(=O)(c1ccc(CNC2CC2)cn1)N1CCSCC1. The van der Waals surface area contributed by atoms with E-state index in [1.165, 1.54) is 17.1 Å². The first kappa shape index (κ1) is 14.3. The number of hydrogen-bond acceptors (Lipinski definition) is 5. The average Bonchev–Trinajstić information content (AvgIpc) is 3.31. The summed E-state index contributed by atoms with van der Waals surface area (Å²) >= 11 is 1.79. The summed E-state index contributed by atoms with van der Waals surface area (Å²) in [5.41, 5.74) is 1.03. The molecule has 2 fully saturated rings. The van der Waals surface area contributed by atoms with Crippen molar-refractivity contribution >= 4 is 21.8 Å². The summed E-state index contributed by atoms with van der Waals surface area (Å²) < 4.78 is 26.4.